The Morgan fingerprint density at radius 1 is 1.00 bits per heavy atom. The highest BCUT2D eigenvalue weighted by Crippen LogP contribution is 2.31. The van der Waals surface area contributed by atoms with Gasteiger partial charge in [0.2, 0.25) is 5.89 Å². The van der Waals surface area contributed by atoms with Gasteiger partial charge in [-0.15, -0.1) is 10.2 Å². The summed E-state index contributed by atoms with van der Waals surface area (Å²) in [6.45, 7) is 7.23. The minimum Gasteiger partial charge on any atom is -0.497 e. The maximum Gasteiger partial charge on any atom is 0.251 e. The van der Waals surface area contributed by atoms with E-state index in [0.717, 1.165) is 55.4 Å². The number of rotatable bonds is 5. The van der Waals surface area contributed by atoms with Crippen molar-refractivity contribution in [1.29, 1.82) is 0 Å². The Kier molecular flexibility index (Phi) is 5.02. The first-order valence-electron chi connectivity index (χ1n) is 9.19. The maximum atomic E-state index is 5.96. The van der Waals surface area contributed by atoms with E-state index >= 15 is 0 Å². The van der Waals surface area contributed by atoms with Crippen molar-refractivity contribution in [2.45, 2.75) is 6.92 Å². The summed E-state index contributed by atoms with van der Waals surface area (Å²) in [5, 5.41) is 8.48. The monoisotopic (exact) mass is 365 g/mol. The van der Waals surface area contributed by atoms with Crippen molar-refractivity contribution >= 4 is 5.82 Å². The first-order valence-corrected chi connectivity index (χ1v) is 9.19. The van der Waals surface area contributed by atoms with Crippen LogP contribution < -0.4 is 9.64 Å². The molecule has 0 spiro atoms. The summed E-state index contributed by atoms with van der Waals surface area (Å²) in [6.07, 6.45) is 1.81. The first kappa shape index (κ1) is 17.5. The second-order valence-electron chi connectivity index (χ2n) is 6.44. The van der Waals surface area contributed by atoms with Gasteiger partial charge in [0.25, 0.3) is 5.89 Å². The van der Waals surface area contributed by atoms with Gasteiger partial charge in [0.15, 0.2) is 0 Å². The van der Waals surface area contributed by atoms with Gasteiger partial charge in [0, 0.05) is 37.9 Å². The van der Waals surface area contributed by atoms with Crippen LogP contribution in [-0.2, 0) is 0 Å². The number of piperazine rings is 1. The molecule has 3 aromatic rings. The number of hydrogen-bond donors (Lipinski definition) is 0. The molecule has 0 aliphatic carbocycles. The van der Waals surface area contributed by atoms with Gasteiger partial charge in [-0.1, -0.05) is 6.92 Å². The molecule has 1 saturated heterocycles. The zero-order valence-electron chi connectivity index (χ0n) is 15.6. The lowest BCUT2D eigenvalue weighted by atomic mass is 10.2. The predicted octanol–water partition coefficient (Wildman–Crippen LogP) is 2.95. The summed E-state index contributed by atoms with van der Waals surface area (Å²) in [5.41, 5.74) is 1.73. The van der Waals surface area contributed by atoms with Crippen LogP contribution in [0.2, 0.25) is 0 Å². The Bertz CT molecular complexity index is 885. The minimum absolute atomic E-state index is 0.484. The van der Waals surface area contributed by atoms with Crippen molar-refractivity contribution in [3.63, 3.8) is 0 Å². The summed E-state index contributed by atoms with van der Waals surface area (Å²) in [6, 6.07) is 11.5. The van der Waals surface area contributed by atoms with Crippen LogP contribution >= 0.6 is 0 Å². The van der Waals surface area contributed by atoms with Crippen molar-refractivity contribution in [2.75, 3.05) is 44.7 Å². The van der Waals surface area contributed by atoms with Crippen LogP contribution in [0.5, 0.6) is 5.75 Å². The average molecular weight is 365 g/mol. The average Bonchev–Trinajstić information content (AvgIpc) is 3.24. The molecule has 7 heteroatoms. The molecule has 0 unspecified atom stereocenters. The molecule has 0 amide bonds. The smallest absolute Gasteiger partial charge is 0.251 e. The van der Waals surface area contributed by atoms with Crippen LogP contribution in [0.1, 0.15) is 6.92 Å². The van der Waals surface area contributed by atoms with Gasteiger partial charge in [-0.05, 0) is 42.9 Å². The van der Waals surface area contributed by atoms with Gasteiger partial charge in [0.05, 0.1) is 12.7 Å². The molecule has 140 valence electrons. The number of hydrogen-bond acceptors (Lipinski definition) is 7. The fraction of sp³-hybridized carbons (Fsp3) is 0.350. The molecule has 1 fully saturated rings. The number of aromatic nitrogens is 3. The Labute approximate surface area is 158 Å². The quantitative estimate of drug-likeness (QED) is 0.688. The number of ether oxygens (including phenoxy) is 1. The van der Waals surface area contributed by atoms with E-state index in [1.165, 1.54) is 0 Å². The topological polar surface area (TPSA) is 67.5 Å². The summed E-state index contributed by atoms with van der Waals surface area (Å²) in [4.78, 5) is 9.33. The summed E-state index contributed by atoms with van der Waals surface area (Å²) in [5.74, 6) is 2.66. The van der Waals surface area contributed by atoms with Crippen LogP contribution in [-0.4, -0.2) is 59.9 Å². The fourth-order valence-electron chi connectivity index (χ4n) is 3.27. The van der Waals surface area contributed by atoms with E-state index in [0.29, 0.717) is 11.8 Å². The first-order chi connectivity index (χ1) is 13.3. The SMILES string of the molecule is CCN1CCN(c2ncccc2-c2nnc(-c3ccc(OC)cc3)o2)CC1. The highest BCUT2D eigenvalue weighted by atomic mass is 16.5. The van der Waals surface area contributed by atoms with Gasteiger partial charge in [0.1, 0.15) is 11.6 Å². The molecule has 0 saturated carbocycles. The number of anilines is 1. The standard InChI is InChI=1S/C20H23N5O2/c1-3-24-11-13-25(14-12-24)18-17(5-4-10-21-18)20-23-22-19(27-20)15-6-8-16(26-2)9-7-15/h4-10H,3,11-14H2,1-2H3. The lowest BCUT2D eigenvalue weighted by molar-refractivity contribution is 0.270. The van der Waals surface area contributed by atoms with E-state index in [1.54, 1.807) is 7.11 Å². The highest BCUT2D eigenvalue weighted by molar-refractivity contribution is 5.70. The van der Waals surface area contributed by atoms with E-state index in [1.807, 2.05) is 42.6 Å². The second-order valence-corrected chi connectivity index (χ2v) is 6.44. The Morgan fingerprint density at radius 2 is 1.74 bits per heavy atom. The van der Waals surface area contributed by atoms with Crippen LogP contribution in [0, 0.1) is 0 Å². The molecule has 0 radical (unpaired) electrons. The molecule has 27 heavy (non-hydrogen) atoms. The summed E-state index contributed by atoms with van der Waals surface area (Å²) in [7, 11) is 1.64. The third-order valence-electron chi connectivity index (χ3n) is 4.90. The van der Waals surface area contributed by atoms with Crippen molar-refractivity contribution in [3.8, 4) is 28.7 Å². The third kappa shape index (κ3) is 3.64. The number of pyridine rings is 1. The van der Waals surface area contributed by atoms with E-state index in [4.69, 9.17) is 9.15 Å². The Balaban J connectivity index is 1.60. The zero-order valence-corrected chi connectivity index (χ0v) is 15.6. The maximum absolute atomic E-state index is 5.96. The molecule has 4 rings (SSSR count). The van der Waals surface area contributed by atoms with Gasteiger partial charge in [-0.25, -0.2) is 4.98 Å². The van der Waals surface area contributed by atoms with E-state index in [9.17, 15) is 0 Å². The fourth-order valence-corrected chi connectivity index (χ4v) is 3.27. The summed E-state index contributed by atoms with van der Waals surface area (Å²) >= 11 is 0. The molecule has 3 heterocycles. The number of methoxy groups -OCH3 is 1. The number of nitrogens with zero attached hydrogens (tertiary/aromatic N) is 5. The molecule has 1 aliphatic rings. The molecule has 1 aliphatic heterocycles. The molecule has 0 N–H and O–H groups in total. The largest absolute Gasteiger partial charge is 0.497 e. The molecular weight excluding hydrogens is 342 g/mol. The predicted molar refractivity (Wildman–Crippen MR) is 104 cm³/mol. The number of benzene rings is 1. The van der Waals surface area contributed by atoms with Crippen LogP contribution in [0.15, 0.2) is 47.0 Å². The molecule has 1 aromatic carbocycles. The van der Waals surface area contributed by atoms with Crippen molar-refractivity contribution in [1.82, 2.24) is 20.1 Å². The van der Waals surface area contributed by atoms with Crippen LogP contribution in [0.4, 0.5) is 5.82 Å². The van der Waals surface area contributed by atoms with Crippen molar-refractivity contribution in [2.24, 2.45) is 0 Å². The van der Waals surface area contributed by atoms with Gasteiger partial charge in [-0.3, -0.25) is 0 Å². The van der Waals surface area contributed by atoms with E-state index in [2.05, 4.69) is 31.9 Å². The third-order valence-corrected chi connectivity index (χ3v) is 4.90. The highest BCUT2D eigenvalue weighted by Gasteiger charge is 2.22. The van der Waals surface area contributed by atoms with Crippen LogP contribution in [0.25, 0.3) is 22.9 Å². The lowest BCUT2D eigenvalue weighted by Crippen LogP contribution is -2.46. The number of likely N-dealkylation sites (N-methyl/N-ethyl adjacent to an activating group) is 1. The zero-order chi connectivity index (χ0) is 18.6. The van der Waals surface area contributed by atoms with E-state index < -0.39 is 0 Å². The van der Waals surface area contributed by atoms with Gasteiger partial charge < -0.3 is 19.0 Å². The Morgan fingerprint density at radius 3 is 2.44 bits per heavy atom. The molecular formula is C20H23N5O2. The lowest BCUT2D eigenvalue weighted by Gasteiger charge is -2.35. The van der Waals surface area contributed by atoms with Crippen LogP contribution in [0.3, 0.4) is 0 Å². The molecule has 2 aromatic heterocycles. The second kappa shape index (κ2) is 7.75. The molecule has 0 bridgehead atoms. The van der Waals surface area contributed by atoms with Gasteiger partial charge in [-0.2, -0.15) is 0 Å². The Hall–Kier alpha value is -2.93. The van der Waals surface area contributed by atoms with Gasteiger partial charge >= 0.3 is 0 Å². The van der Waals surface area contributed by atoms with E-state index in [-0.39, 0.29) is 0 Å². The molecule has 7 nitrogen and oxygen atoms in total. The van der Waals surface area contributed by atoms with Crippen molar-refractivity contribution in [3.05, 3.63) is 42.6 Å². The minimum atomic E-state index is 0.484. The normalized spacial score (nSPS) is 15.1. The molecule has 0 atom stereocenters. The van der Waals surface area contributed by atoms with Crippen molar-refractivity contribution < 1.29 is 9.15 Å². The summed E-state index contributed by atoms with van der Waals surface area (Å²) < 4.78 is 11.2.